The number of carbonyl (C=O) groups is 1. The number of carbonyl (C=O) groups excluding carboxylic acids is 1. The zero-order valence-corrected chi connectivity index (χ0v) is 9.92. The number of H-pyrrole nitrogens is 1. The minimum Gasteiger partial charge on any atom is -0.347 e. The Bertz CT molecular complexity index is 524. The van der Waals surface area contributed by atoms with Crippen molar-refractivity contribution in [1.29, 1.82) is 0 Å². The van der Waals surface area contributed by atoms with Gasteiger partial charge in [-0.25, -0.2) is 15.8 Å². The van der Waals surface area contributed by atoms with Gasteiger partial charge in [-0.05, 0) is 12.1 Å². The van der Waals surface area contributed by atoms with E-state index in [1.807, 2.05) is 0 Å². The van der Waals surface area contributed by atoms with E-state index >= 15 is 0 Å². The lowest BCUT2D eigenvalue weighted by Crippen LogP contribution is -2.28. The minimum absolute atomic E-state index is 0.174. The monoisotopic (exact) mass is 246 g/mol. The molecule has 4 N–H and O–H groups in total. The van der Waals surface area contributed by atoms with Gasteiger partial charge in [0.25, 0.3) is 5.91 Å². The van der Waals surface area contributed by atoms with Crippen LogP contribution in [0.1, 0.15) is 16.2 Å². The lowest BCUT2D eigenvalue weighted by Gasteiger charge is -2.17. The van der Waals surface area contributed by atoms with Crippen LogP contribution < -0.4 is 11.3 Å². The number of nitrogens with one attached hydrogen (secondary N) is 2. The first-order valence-electron chi connectivity index (χ1n) is 5.37. The van der Waals surface area contributed by atoms with Crippen molar-refractivity contribution in [3.05, 3.63) is 42.1 Å². The number of amides is 1. The predicted molar refractivity (Wildman–Crippen MR) is 66.4 cm³/mol. The first-order chi connectivity index (χ1) is 8.72. The SMILES string of the molecule is CN(Cc1ncc[nH]1)C(=O)c1cccnc1NN. The number of nitrogens with two attached hydrogens (primary N) is 1. The fourth-order valence-corrected chi connectivity index (χ4v) is 1.58. The van der Waals surface area contributed by atoms with Crippen LogP contribution in [0.15, 0.2) is 30.7 Å². The number of hydrazine groups is 1. The van der Waals surface area contributed by atoms with E-state index in [4.69, 9.17) is 5.84 Å². The highest BCUT2D eigenvalue weighted by Crippen LogP contribution is 2.13. The lowest BCUT2D eigenvalue weighted by atomic mass is 10.2. The lowest BCUT2D eigenvalue weighted by molar-refractivity contribution is 0.0782. The molecule has 0 atom stereocenters. The number of nitrogens with zero attached hydrogens (tertiary/aromatic N) is 3. The van der Waals surface area contributed by atoms with Crippen molar-refractivity contribution >= 4 is 11.7 Å². The number of pyridine rings is 1. The number of imidazole rings is 1. The van der Waals surface area contributed by atoms with Gasteiger partial charge in [0.2, 0.25) is 0 Å². The fraction of sp³-hybridized carbons (Fsp3) is 0.182. The van der Waals surface area contributed by atoms with Gasteiger partial charge in [-0.15, -0.1) is 0 Å². The molecule has 0 saturated carbocycles. The molecule has 0 bridgehead atoms. The molecule has 0 aromatic carbocycles. The first kappa shape index (κ1) is 12.1. The molecule has 2 aromatic rings. The molecule has 2 aromatic heterocycles. The number of hydrogen-bond donors (Lipinski definition) is 3. The summed E-state index contributed by atoms with van der Waals surface area (Å²) in [6, 6.07) is 3.36. The van der Waals surface area contributed by atoms with E-state index < -0.39 is 0 Å². The summed E-state index contributed by atoms with van der Waals surface area (Å²) in [5.41, 5.74) is 2.83. The molecule has 94 valence electrons. The summed E-state index contributed by atoms with van der Waals surface area (Å²) in [4.78, 5) is 24.7. The van der Waals surface area contributed by atoms with Gasteiger partial charge in [-0.2, -0.15) is 0 Å². The molecule has 0 fully saturated rings. The third kappa shape index (κ3) is 2.46. The standard InChI is InChI=1S/C11H14N6O/c1-17(7-9-13-5-6-14-9)11(18)8-3-2-4-15-10(8)16-12/h2-6H,7,12H2,1H3,(H,13,14)(H,15,16). The van der Waals surface area contributed by atoms with Gasteiger partial charge < -0.3 is 15.3 Å². The Labute approximate surface area is 104 Å². The number of nitrogen functional groups attached to an aromatic ring is 1. The maximum absolute atomic E-state index is 12.2. The van der Waals surface area contributed by atoms with Crippen LogP contribution in [0.3, 0.4) is 0 Å². The van der Waals surface area contributed by atoms with Gasteiger partial charge in [-0.1, -0.05) is 0 Å². The Morgan fingerprint density at radius 1 is 1.50 bits per heavy atom. The summed E-state index contributed by atoms with van der Waals surface area (Å²) in [5, 5.41) is 0. The van der Waals surface area contributed by atoms with E-state index in [0.29, 0.717) is 17.9 Å². The average Bonchev–Trinajstić information content (AvgIpc) is 2.90. The molecule has 0 aliphatic heterocycles. The highest BCUT2D eigenvalue weighted by Gasteiger charge is 2.16. The second-order valence-corrected chi connectivity index (χ2v) is 3.74. The highest BCUT2D eigenvalue weighted by atomic mass is 16.2. The summed E-state index contributed by atoms with van der Waals surface area (Å²) in [6.07, 6.45) is 4.92. The summed E-state index contributed by atoms with van der Waals surface area (Å²) in [5.74, 6) is 6.22. The average molecular weight is 246 g/mol. The molecule has 0 aliphatic rings. The second kappa shape index (κ2) is 5.28. The van der Waals surface area contributed by atoms with Gasteiger partial charge in [0.1, 0.15) is 5.82 Å². The first-order valence-corrected chi connectivity index (χ1v) is 5.37. The van der Waals surface area contributed by atoms with Crippen molar-refractivity contribution in [2.24, 2.45) is 5.84 Å². The van der Waals surface area contributed by atoms with E-state index in [9.17, 15) is 4.79 Å². The van der Waals surface area contributed by atoms with Crippen LogP contribution in [0.2, 0.25) is 0 Å². The van der Waals surface area contributed by atoms with E-state index in [0.717, 1.165) is 5.82 Å². The van der Waals surface area contributed by atoms with Crippen LogP contribution in [0.5, 0.6) is 0 Å². The third-order valence-electron chi connectivity index (χ3n) is 2.46. The van der Waals surface area contributed by atoms with E-state index in [2.05, 4.69) is 20.4 Å². The molecule has 2 rings (SSSR count). The van der Waals surface area contributed by atoms with Crippen molar-refractivity contribution in [3.63, 3.8) is 0 Å². The van der Waals surface area contributed by atoms with Crippen molar-refractivity contribution in [1.82, 2.24) is 19.9 Å². The van der Waals surface area contributed by atoms with Crippen molar-refractivity contribution in [3.8, 4) is 0 Å². The molecule has 0 aliphatic carbocycles. The molecule has 0 spiro atoms. The summed E-state index contributed by atoms with van der Waals surface area (Å²) < 4.78 is 0. The van der Waals surface area contributed by atoms with E-state index in [-0.39, 0.29) is 5.91 Å². The molecule has 1 amide bonds. The second-order valence-electron chi connectivity index (χ2n) is 3.74. The van der Waals surface area contributed by atoms with Crippen molar-refractivity contribution < 1.29 is 4.79 Å². The van der Waals surface area contributed by atoms with Crippen LogP contribution in [0.4, 0.5) is 5.82 Å². The largest absolute Gasteiger partial charge is 0.347 e. The Kier molecular flexibility index (Phi) is 3.54. The molecule has 0 saturated heterocycles. The summed E-state index contributed by atoms with van der Waals surface area (Å²) in [7, 11) is 1.69. The van der Waals surface area contributed by atoms with Gasteiger partial charge >= 0.3 is 0 Å². The van der Waals surface area contributed by atoms with Gasteiger partial charge in [0.05, 0.1) is 12.1 Å². The van der Waals surface area contributed by atoms with Crippen LogP contribution in [0, 0.1) is 0 Å². The normalized spacial score (nSPS) is 10.1. The molecule has 7 nitrogen and oxygen atoms in total. The zero-order chi connectivity index (χ0) is 13.0. The van der Waals surface area contributed by atoms with Crippen LogP contribution in [-0.4, -0.2) is 32.8 Å². The van der Waals surface area contributed by atoms with E-state index in [1.54, 1.807) is 37.8 Å². The Hall–Kier alpha value is -2.41. The summed E-state index contributed by atoms with van der Waals surface area (Å²) in [6.45, 7) is 0.394. The quantitative estimate of drug-likeness (QED) is 0.534. The van der Waals surface area contributed by atoms with E-state index in [1.165, 1.54) is 4.90 Å². The number of rotatable bonds is 4. The maximum atomic E-state index is 12.2. The highest BCUT2D eigenvalue weighted by molar-refractivity contribution is 5.98. The maximum Gasteiger partial charge on any atom is 0.257 e. The Morgan fingerprint density at radius 3 is 3.00 bits per heavy atom. The van der Waals surface area contributed by atoms with Gasteiger partial charge in [-0.3, -0.25) is 4.79 Å². The van der Waals surface area contributed by atoms with Crippen LogP contribution >= 0.6 is 0 Å². The Morgan fingerprint density at radius 2 is 2.33 bits per heavy atom. The van der Waals surface area contributed by atoms with Crippen molar-refractivity contribution in [2.45, 2.75) is 6.54 Å². The molecule has 0 radical (unpaired) electrons. The topological polar surface area (TPSA) is 99.9 Å². The van der Waals surface area contributed by atoms with Crippen LogP contribution in [-0.2, 0) is 6.54 Å². The summed E-state index contributed by atoms with van der Waals surface area (Å²) >= 11 is 0. The number of anilines is 1. The van der Waals surface area contributed by atoms with Crippen LogP contribution in [0.25, 0.3) is 0 Å². The molecule has 18 heavy (non-hydrogen) atoms. The predicted octanol–water partition coefficient (Wildman–Crippen LogP) is 0.362. The molecule has 2 heterocycles. The number of aromatic nitrogens is 3. The molecular weight excluding hydrogens is 232 g/mol. The molecule has 7 heteroatoms. The third-order valence-corrected chi connectivity index (χ3v) is 2.46. The number of hydrogen-bond acceptors (Lipinski definition) is 5. The van der Waals surface area contributed by atoms with Gasteiger partial charge in [0.15, 0.2) is 5.82 Å². The Balaban J connectivity index is 2.15. The minimum atomic E-state index is -0.174. The smallest absolute Gasteiger partial charge is 0.257 e. The van der Waals surface area contributed by atoms with Gasteiger partial charge in [0, 0.05) is 25.6 Å². The fourth-order valence-electron chi connectivity index (χ4n) is 1.58. The van der Waals surface area contributed by atoms with Crippen molar-refractivity contribution in [2.75, 3.05) is 12.5 Å². The zero-order valence-electron chi connectivity index (χ0n) is 9.92. The number of aromatic amines is 1. The molecular formula is C11H14N6O. The molecule has 0 unspecified atom stereocenters.